The third-order valence-corrected chi connectivity index (χ3v) is 6.63. The molecule has 1 amide bonds. The summed E-state index contributed by atoms with van der Waals surface area (Å²) in [7, 11) is -0.562. The summed E-state index contributed by atoms with van der Waals surface area (Å²) in [5.74, 6) is -0.191. The number of hydrogen-bond donors (Lipinski definition) is 1. The lowest BCUT2D eigenvalue weighted by Crippen LogP contribution is -2.26. The molecule has 0 aliphatic rings. The van der Waals surface area contributed by atoms with Crippen LogP contribution in [0.25, 0.3) is 0 Å². The van der Waals surface area contributed by atoms with Gasteiger partial charge in [0.1, 0.15) is 0 Å². The second kappa shape index (κ2) is 6.82. The Kier molecular flexibility index (Phi) is 5.23. The first-order valence-electron chi connectivity index (χ1n) is 7.09. The van der Waals surface area contributed by atoms with Crippen molar-refractivity contribution in [2.45, 2.75) is 25.3 Å². The predicted molar refractivity (Wildman–Crippen MR) is 92.3 cm³/mol. The van der Waals surface area contributed by atoms with Gasteiger partial charge in [0.25, 0.3) is 5.91 Å². The minimum atomic E-state index is -3.54. The van der Waals surface area contributed by atoms with Crippen LogP contribution in [0.1, 0.15) is 25.7 Å². The van der Waals surface area contributed by atoms with Gasteiger partial charge in [-0.2, -0.15) is 0 Å². The minimum Gasteiger partial charge on any atom is -0.347 e. The van der Waals surface area contributed by atoms with Crippen molar-refractivity contribution in [3.8, 4) is 0 Å². The van der Waals surface area contributed by atoms with Crippen molar-refractivity contribution in [3.05, 3.63) is 51.2 Å². The number of benzene rings is 1. The lowest BCUT2D eigenvalue weighted by molar-refractivity contribution is 0.0954. The van der Waals surface area contributed by atoms with Crippen molar-refractivity contribution in [3.63, 3.8) is 0 Å². The highest BCUT2D eigenvalue weighted by molar-refractivity contribution is 7.89. The van der Waals surface area contributed by atoms with Crippen LogP contribution in [0.4, 0.5) is 0 Å². The third-order valence-electron chi connectivity index (χ3n) is 3.56. The lowest BCUT2D eigenvalue weighted by atomic mass is 10.2. The summed E-state index contributed by atoms with van der Waals surface area (Å²) in [6.07, 6.45) is 0. The number of aryl methyl sites for hydroxylation is 2. The van der Waals surface area contributed by atoms with E-state index in [0.29, 0.717) is 10.4 Å². The first-order valence-corrected chi connectivity index (χ1v) is 9.35. The number of nitrogens with zero attached hydrogens (tertiary/aromatic N) is 1. The van der Waals surface area contributed by atoms with E-state index < -0.39 is 10.0 Å². The summed E-state index contributed by atoms with van der Waals surface area (Å²) in [4.78, 5) is 14.2. The van der Waals surface area contributed by atoms with E-state index in [-0.39, 0.29) is 17.3 Å². The molecule has 2 aromatic rings. The van der Waals surface area contributed by atoms with Gasteiger partial charge in [0, 0.05) is 25.5 Å². The van der Waals surface area contributed by atoms with Gasteiger partial charge in [0.15, 0.2) is 0 Å². The fourth-order valence-corrected chi connectivity index (χ4v) is 4.11. The van der Waals surface area contributed by atoms with Gasteiger partial charge >= 0.3 is 0 Å². The Bertz CT molecular complexity index is 804. The van der Waals surface area contributed by atoms with E-state index in [2.05, 4.69) is 5.32 Å². The average Bonchev–Trinajstić information content (AvgIpc) is 2.84. The van der Waals surface area contributed by atoms with Gasteiger partial charge in [0.2, 0.25) is 10.0 Å². The maximum absolute atomic E-state index is 12.3. The maximum Gasteiger partial charge on any atom is 0.261 e. The van der Waals surface area contributed by atoms with Gasteiger partial charge in [-0.05, 0) is 37.1 Å². The van der Waals surface area contributed by atoms with Crippen molar-refractivity contribution >= 4 is 27.3 Å². The molecule has 0 aliphatic carbocycles. The predicted octanol–water partition coefficient (Wildman–Crippen LogP) is 2.55. The molecule has 1 aromatic heterocycles. The molecule has 0 saturated heterocycles. The summed E-state index contributed by atoms with van der Waals surface area (Å²) < 4.78 is 25.8. The quantitative estimate of drug-likeness (QED) is 0.899. The normalized spacial score (nSPS) is 11.7. The van der Waals surface area contributed by atoms with E-state index >= 15 is 0 Å². The van der Waals surface area contributed by atoms with E-state index in [0.717, 1.165) is 10.4 Å². The van der Waals surface area contributed by atoms with Crippen molar-refractivity contribution < 1.29 is 13.2 Å². The number of rotatable bonds is 5. The van der Waals surface area contributed by atoms with Crippen LogP contribution in [0.3, 0.4) is 0 Å². The van der Waals surface area contributed by atoms with Gasteiger partial charge in [-0.15, -0.1) is 11.3 Å². The van der Waals surface area contributed by atoms with Crippen LogP contribution in [0.15, 0.2) is 35.2 Å². The van der Waals surface area contributed by atoms with Crippen LogP contribution in [0.2, 0.25) is 0 Å². The SMILES string of the molecule is Cc1cc(C(=O)NCc2ccccc2S(=O)(=O)N(C)C)sc1C. The Labute approximate surface area is 141 Å². The Morgan fingerprint density at radius 2 is 1.87 bits per heavy atom. The Hall–Kier alpha value is -1.70. The molecule has 0 radical (unpaired) electrons. The molecular formula is C16H20N2O3S2. The molecule has 0 fully saturated rings. The first-order chi connectivity index (χ1) is 10.7. The standard InChI is InChI=1S/C16H20N2O3S2/c1-11-9-14(22-12(11)2)16(19)17-10-13-7-5-6-8-15(13)23(20,21)18(3)4/h5-9H,10H2,1-4H3,(H,17,19). The van der Waals surface area contributed by atoms with Gasteiger partial charge < -0.3 is 5.32 Å². The van der Waals surface area contributed by atoms with E-state index in [1.54, 1.807) is 24.3 Å². The summed E-state index contributed by atoms with van der Waals surface area (Å²) in [5, 5.41) is 2.80. The molecule has 1 aromatic carbocycles. The first kappa shape index (κ1) is 17.7. The Morgan fingerprint density at radius 3 is 2.43 bits per heavy atom. The molecule has 1 heterocycles. The zero-order valence-electron chi connectivity index (χ0n) is 13.6. The largest absolute Gasteiger partial charge is 0.347 e. The number of carbonyl (C=O) groups is 1. The highest BCUT2D eigenvalue weighted by Crippen LogP contribution is 2.21. The van der Waals surface area contributed by atoms with Crippen molar-refractivity contribution in [1.82, 2.24) is 9.62 Å². The monoisotopic (exact) mass is 352 g/mol. The molecule has 0 spiro atoms. The van der Waals surface area contributed by atoms with Crippen molar-refractivity contribution in [2.75, 3.05) is 14.1 Å². The van der Waals surface area contributed by atoms with Crippen LogP contribution in [0, 0.1) is 13.8 Å². The number of hydrogen-bond acceptors (Lipinski definition) is 4. The highest BCUT2D eigenvalue weighted by atomic mass is 32.2. The molecule has 23 heavy (non-hydrogen) atoms. The number of nitrogens with one attached hydrogen (secondary N) is 1. The molecule has 1 N–H and O–H groups in total. The van der Waals surface area contributed by atoms with Crippen LogP contribution < -0.4 is 5.32 Å². The molecule has 2 rings (SSSR count). The summed E-state index contributed by atoms with van der Waals surface area (Å²) >= 11 is 1.43. The molecule has 5 nitrogen and oxygen atoms in total. The summed E-state index contributed by atoms with van der Waals surface area (Å²) in [6, 6.07) is 8.54. The number of carbonyl (C=O) groups excluding carboxylic acids is 1. The zero-order valence-corrected chi connectivity index (χ0v) is 15.2. The van der Waals surface area contributed by atoms with Crippen LogP contribution >= 0.6 is 11.3 Å². The van der Waals surface area contributed by atoms with Gasteiger partial charge in [-0.25, -0.2) is 12.7 Å². The molecule has 0 unspecified atom stereocenters. The van der Waals surface area contributed by atoms with Gasteiger partial charge in [0.05, 0.1) is 9.77 Å². The topological polar surface area (TPSA) is 66.5 Å². The number of amides is 1. The molecule has 7 heteroatoms. The van der Waals surface area contributed by atoms with E-state index in [1.165, 1.54) is 29.7 Å². The van der Waals surface area contributed by atoms with Crippen LogP contribution in [-0.4, -0.2) is 32.7 Å². The smallest absolute Gasteiger partial charge is 0.261 e. The van der Waals surface area contributed by atoms with Crippen molar-refractivity contribution in [2.24, 2.45) is 0 Å². The molecular weight excluding hydrogens is 332 g/mol. The van der Waals surface area contributed by atoms with E-state index in [9.17, 15) is 13.2 Å². The fraction of sp³-hybridized carbons (Fsp3) is 0.312. The third kappa shape index (κ3) is 3.80. The van der Waals surface area contributed by atoms with Crippen molar-refractivity contribution in [1.29, 1.82) is 0 Å². The summed E-state index contributed by atoms with van der Waals surface area (Å²) in [6.45, 7) is 4.09. The van der Waals surface area contributed by atoms with E-state index in [4.69, 9.17) is 0 Å². The van der Waals surface area contributed by atoms with Crippen LogP contribution in [-0.2, 0) is 16.6 Å². The van der Waals surface area contributed by atoms with E-state index in [1.807, 2.05) is 19.9 Å². The lowest BCUT2D eigenvalue weighted by Gasteiger charge is -2.15. The second-order valence-corrected chi connectivity index (χ2v) is 8.80. The molecule has 0 aliphatic heterocycles. The highest BCUT2D eigenvalue weighted by Gasteiger charge is 2.21. The Morgan fingerprint density at radius 1 is 1.22 bits per heavy atom. The summed E-state index contributed by atoms with van der Waals surface area (Å²) in [5.41, 5.74) is 1.65. The second-order valence-electron chi connectivity index (χ2n) is 5.43. The molecule has 0 bridgehead atoms. The van der Waals surface area contributed by atoms with Crippen LogP contribution in [0.5, 0.6) is 0 Å². The maximum atomic E-state index is 12.3. The molecule has 124 valence electrons. The number of sulfonamides is 1. The van der Waals surface area contributed by atoms with Gasteiger partial charge in [-0.3, -0.25) is 4.79 Å². The molecule has 0 saturated carbocycles. The fourth-order valence-electron chi connectivity index (χ4n) is 2.05. The minimum absolute atomic E-state index is 0.165. The zero-order chi connectivity index (χ0) is 17.2. The average molecular weight is 352 g/mol. The molecule has 0 atom stereocenters. The Balaban J connectivity index is 2.20. The number of thiophene rings is 1. The van der Waals surface area contributed by atoms with Gasteiger partial charge in [-0.1, -0.05) is 18.2 Å².